The molecule has 2 atom stereocenters. The minimum atomic E-state index is -0.535. The molecular formula is C13H15BrFNO2. The van der Waals surface area contributed by atoms with Crippen molar-refractivity contribution < 1.29 is 14.3 Å². The Kier molecular flexibility index (Phi) is 4.35. The molecule has 1 aromatic carbocycles. The Morgan fingerprint density at radius 3 is 2.94 bits per heavy atom. The molecule has 2 N–H and O–H groups in total. The summed E-state index contributed by atoms with van der Waals surface area (Å²) < 4.78 is 14.2. The Labute approximate surface area is 114 Å². The number of hydrogen-bond acceptors (Lipinski definition) is 2. The Morgan fingerprint density at radius 1 is 1.44 bits per heavy atom. The van der Waals surface area contributed by atoms with Gasteiger partial charge >= 0.3 is 0 Å². The number of aliphatic hydroxyl groups is 1. The normalized spacial score (nSPS) is 23.7. The summed E-state index contributed by atoms with van der Waals surface area (Å²) in [5.41, 5.74) is 0.0319. The van der Waals surface area contributed by atoms with Crippen LogP contribution in [0.2, 0.25) is 0 Å². The molecule has 98 valence electrons. The first-order chi connectivity index (χ1) is 8.56. The first-order valence-electron chi connectivity index (χ1n) is 6.00. The highest BCUT2D eigenvalue weighted by Crippen LogP contribution is 2.20. The van der Waals surface area contributed by atoms with Gasteiger partial charge < -0.3 is 10.4 Å². The van der Waals surface area contributed by atoms with Gasteiger partial charge in [0.25, 0.3) is 5.91 Å². The number of halogens is 2. The molecule has 1 aromatic rings. The first-order valence-corrected chi connectivity index (χ1v) is 6.79. The van der Waals surface area contributed by atoms with Crippen LogP contribution in [0.3, 0.4) is 0 Å². The zero-order chi connectivity index (χ0) is 13.1. The van der Waals surface area contributed by atoms with E-state index in [0.29, 0.717) is 10.9 Å². The molecule has 5 heteroatoms. The van der Waals surface area contributed by atoms with Gasteiger partial charge in [0.2, 0.25) is 0 Å². The van der Waals surface area contributed by atoms with Gasteiger partial charge in [0.1, 0.15) is 5.82 Å². The minimum Gasteiger partial charge on any atom is -0.393 e. The summed E-state index contributed by atoms with van der Waals surface area (Å²) in [6.07, 6.45) is 2.67. The van der Waals surface area contributed by atoms with E-state index in [2.05, 4.69) is 21.2 Å². The lowest BCUT2D eigenvalue weighted by atomic mass is 9.93. The van der Waals surface area contributed by atoms with Gasteiger partial charge in [-0.15, -0.1) is 0 Å². The number of carbonyl (C=O) groups is 1. The maximum Gasteiger partial charge on any atom is 0.254 e. The van der Waals surface area contributed by atoms with E-state index in [0.717, 1.165) is 19.3 Å². The fraction of sp³-hybridized carbons (Fsp3) is 0.462. The smallest absolute Gasteiger partial charge is 0.254 e. The monoisotopic (exact) mass is 315 g/mol. The van der Waals surface area contributed by atoms with Crippen LogP contribution in [0.1, 0.15) is 36.0 Å². The number of rotatable bonds is 2. The van der Waals surface area contributed by atoms with Crippen molar-refractivity contribution >= 4 is 21.8 Å². The topological polar surface area (TPSA) is 49.3 Å². The van der Waals surface area contributed by atoms with Crippen LogP contribution < -0.4 is 5.32 Å². The Hall–Kier alpha value is -0.940. The highest BCUT2D eigenvalue weighted by Gasteiger charge is 2.23. The van der Waals surface area contributed by atoms with Crippen molar-refractivity contribution in [1.29, 1.82) is 0 Å². The third kappa shape index (κ3) is 3.29. The largest absolute Gasteiger partial charge is 0.393 e. The van der Waals surface area contributed by atoms with Crippen LogP contribution in [-0.4, -0.2) is 23.2 Å². The van der Waals surface area contributed by atoms with Crippen molar-refractivity contribution in [2.75, 3.05) is 0 Å². The van der Waals surface area contributed by atoms with Gasteiger partial charge in [0.15, 0.2) is 0 Å². The molecule has 3 nitrogen and oxygen atoms in total. The molecule has 1 amide bonds. The lowest BCUT2D eigenvalue weighted by Gasteiger charge is -2.26. The third-order valence-electron chi connectivity index (χ3n) is 3.15. The minimum absolute atomic E-state index is 0.0319. The highest BCUT2D eigenvalue weighted by atomic mass is 79.9. The van der Waals surface area contributed by atoms with Crippen LogP contribution in [0.5, 0.6) is 0 Å². The van der Waals surface area contributed by atoms with E-state index in [4.69, 9.17) is 0 Å². The van der Waals surface area contributed by atoms with Gasteiger partial charge in [-0.05, 0) is 43.9 Å². The van der Waals surface area contributed by atoms with E-state index in [9.17, 15) is 14.3 Å². The molecule has 2 rings (SSSR count). The highest BCUT2D eigenvalue weighted by molar-refractivity contribution is 9.10. The van der Waals surface area contributed by atoms with Gasteiger partial charge in [-0.25, -0.2) is 4.39 Å². The summed E-state index contributed by atoms with van der Waals surface area (Å²) in [6, 6.07) is 4.20. The first kappa shape index (κ1) is 13.5. The van der Waals surface area contributed by atoms with Crippen LogP contribution >= 0.6 is 15.9 Å². The van der Waals surface area contributed by atoms with Gasteiger partial charge in [-0.3, -0.25) is 4.79 Å². The van der Waals surface area contributed by atoms with Gasteiger partial charge in [-0.2, -0.15) is 0 Å². The zero-order valence-corrected chi connectivity index (χ0v) is 11.4. The number of nitrogens with one attached hydrogen (secondary N) is 1. The van der Waals surface area contributed by atoms with Crippen LogP contribution in [0.15, 0.2) is 22.7 Å². The molecule has 0 bridgehead atoms. The van der Waals surface area contributed by atoms with E-state index in [1.54, 1.807) is 6.07 Å². The van der Waals surface area contributed by atoms with E-state index in [1.807, 2.05) is 0 Å². The number of carbonyl (C=O) groups excluding carboxylic acids is 1. The third-order valence-corrected chi connectivity index (χ3v) is 3.65. The Morgan fingerprint density at radius 2 is 2.22 bits per heavy atom. The second-order valence-electron chi connectivity index (χ2n) is 4.61. The summed E-state index contributed by atoms with van der Waals surface area (Å²) in [5, 5.41) is 12.3. The van der Waals surface area contributed by atoms with Crippen LogP contribution in [0.25, 0.3) is 0 Å². The predicted molar refractivity (Wildman–Crippen MR) is 69.8 cm³/mol. The predicted octanol–water partition coefficient (Wildman–Crippen LogP) is 2.62. The lowest BCUT2D eigenvalue weighted by molar-refractivity contribution is 0.0846. The maximum atomic E-state index is 13.5. The average Bonchev–Trinajstić information content (AvgIpc) is 2.32. The van der Waals surface area contributed by atoms with Gasteiger partial charge in [0.05, 0.1) is 11.7 Å². The molecule has 0 aromatic heterocycles. The van der Waals surface area contributed by atoms with Crippen LogP contribution in [-0.2, 0) is 0 Å². The fourth-order valence-corrected chi connectivity index (χ4v) is 2.59. The maximum absolute atomic E-state index is 13.5. The Balaban J connectivity index is 2.05. The van der Waals surface area contributed by atoms with Crippen molar-refractivity contribution in [2.45, 2.75) is 37.8 Å². The standard InChI is InChI=1S/C13H15BrFNO2/c14-8-4-5-12(15)11(6-8)13(18)16-9-2-1-3-10(17)7-9/h4-6,9-10,17H,1-3,7H2,(H,16,18). The van der Waals surface area contributed by atoms with E-state index in [1.165, 1.54) is 12.1 Å². The van der Waals surface area contributed by atoms with Crippen molar-refractivity contribution in [3.05, 3.63) is 34.1 Å². The fourth-order valence-electron chi connectivity index (χ4n) is 2.23. The second-order valence-corrected chi connectivity index (χ2v) is 5.53. The van der Waals surface area contributed by atoms with Gasteiger partial charge in [-0.1, -0.05) is 15.9 Å². The number of amides is 1. The summed E-state index contributed by atoms with van der Waals surface area (Å²) in [5.74, 6) is -0.958. The second kappa shape index (κ2) is 5.80. The molecule has 18 heavy (non-hydrogen) atoms. The number of benzene rings is 1. The molecule has 0 spiro atoms. The summed E-state index contributed by atoms with van der Waals surface area (Å²) in [6.45, 7) is 0. The SMILES string of the molecule is O=C(NC1CCCC(O)C1)c1cc(Br)ccc1F. The van der Waals surface area contributed by atoms with E-state index in [-0.39, 0.29) is 17.7 Å². The quantitative estimate of drug-likeness (QED) is 0.881. The summed E-state index contributed by atoms with van der Waals surface area (Å²) in [7, 11) is 0. The molecular weight excluding hydrogens is 301 g/mol. The molecule has 2 unspecified atom stereocenters. The Bertz CT molecular complexity index is 453. The van der Waals surface area contributed by atoms with Crippen molar-refractivity contribution in [2.24, 2.45) is 0 Å². The molecule has 0 radical (unpaired) electrons. The van der Waals surface area contributed by atoms with Crippen molar-refractivity contribution in [3.63, 3.8) is 0 Å². The van der Waals surface area contributed by atoms with Gasteiger partial charge in [0, 0.05) is 10.5 Å². The number of aliphatic hydroxyl groups excluding tert-OH is 1. The molecule has 1 fully saturated rings. The van der Waals surface area contributed by atoms with E-state index >= 15 is 0 Å². The molecule has 0 heterocycles. The van der Waals surface area contributed by atoms with E-state index < -0.39 is 11.7 Å². The van der Waals surface area contributed by atoms with Crippen LogP contribution in [0.4, 0.5) is 4.39 Å². The number of hydrogen-bond donors (Lipinski definition) is 2. The lowest BCUT2D eigenvalue weighted by Crippen LogP contribution is -2.40. The summed E-state index contributed by atoms with van der Waals surface area (Å²) >= 11 is 3.21. The molecule has 0 saturated heterocycles. The van der Waals surface area contributed by atoms with Crippen molar-refractivity contribution in [1.82, 2.24) is 5.32 Å². The molecule has 1 aliphatic carbocycles. The molecule has 1 saturated carbocycles. The molecule has 0 aliphatic heterocycles. The molecule has 1 aliphatic rings. The zero-order valence-electron chi connectivity index (χ0n) is 9.83. The average molecular weight is 316 g/mol. The van der Waals surface area contributed by atoms with Crippen molar-refractivity contribution in [3.8, 4) is 0 Å². The summed E-state index contributed by atoms with van der Waals surface area (Å²) in [4.78, 5) is 11.9. The van der Waals surface area contributed by atoms with Crippen LogP contribution in [0, 0.1) is 5.82 Å².